The van der Waals surface area contributed by atoms with E-state index in [0.717, 1.165) is 11.4 Å². The van der Waals surface area contributed by atoms with Gasteiger partial charge in [0, 0.05) is 47.4 Å². The number of thiazole rings is 2. The van der Waals surface area contributed by atoms with Gasteiger partial charge in [-0.1, -0.05) is 0 Å². The van der Waals surface area contributed by atoms with Crippen LogP contribution in [0.2, 0.25) is 0 Å². The smallest absolute Gasteiger partial charge is 0.238 e. The molecule has 2 amide bonds. The zero-order chi connectivity index (χ0) is 23.3. The molecule has 2 aromatic rings. The van der Waals surface area contributed by atoms with Gasteiger partial charge in [0.15, 0.2) is 0 Å². The van der Waals surface area contributed by atoms with Crippen molar-refractivity contribution in [2.75, 3.05) is 0 Å². The topological polar surface area (TPSA) is 156 Å². The highest BCUT2D eigenvalue weighted by atomic mass is 32.1. The number of aryl methyl sites for hydroxylation is 2. The molecule has 0 fully saturated rings. The molecule has 0 unspecified atom stereocenters. The molecular weight excluding hydrogens is 448 g/mol. The molecular formula is C20H22N8O2S2. The van der Waals surface area contributed by atoms with Gasteiger partial charge in [-0.15, -0.1) is 22.7 Å². The van der Waals surface area contributed by atoms with Crippen molar-refractivity contribution in [3.05, 3.63) is 44.6 Å². The summed E-state index contributed by atoms with van der Waals surface area (Å²) in [5, 5.41) is 23.2. The first-order valence-corrected chi connectivity index (χ1v) is 11.3. The monoisotopic (exact) mass is 470 g/mol. The summed E-state index contributed by atoms with van der Waals surface area (Å²) in [5.41, 5.74) is 12.5. The number of carbonyl (C=O) groups excluding carboxylic acids is 2. The Hall–Kier alpha value is -3.74. The number of hydrogen-bond donors (Lipinski definition) is 4. The molecule has 12 heteroatoms. The molecule has 0 bridgehead atoms. The van der Waals surface area contributed by atoms with Gasteiger partial charge in [0.2, 0.25) is 11.8 Å². The number of rotatable bonds is 11. The maximum absolute atomic E-state index is 11.9. The molecule has 166 valence electrons. The molecule has 0 radical (unpaired) electrons. The third-order valence-corrected chi connectivity index (χ3v) is 5.84. The molecule has 0 aliphatic carbocycles. The first kappa shape index (κ1) is 24.5. The third-order valence-electron chi connectivity index (χ3n) is 3.85. The van der Waals surface area contributed by atoms with Crippen LogP contribution in [0.15, 0.2) is 23.2 Å². The van der Waals surface area contributed by atoms with E-state index in [-0.39, 0.29) is 24.7 Å². The molecule has 2 rings (SSSR count). The Morgan fingerprint density at radius 1 is 0.875 bits per heavy atom. The van der Waals surface area contributed by atoms with Gasteiger partial charge in [-0.2, -0.15) is 10.5 Å². The summed E-state index contributed by atoms with van der Waals surface area (Å²) in [5.74, 6) is -0.513. The second kappa shape index (κ2) is 12.8. The van der Waals surface area contributed by atoms with Crippen LogP contribution in [0.1, 0.15) is 47.1 Å². The SMILES string of the molecule is Cc1csc(/C(C#N)=C/NNC(=O)CCCCC(=O)NN/C=C(\C#N)c2nc(C)cs2)n1. The quantitative estimate of drug-likeness (QED) is 0.222. The molecule has 2 aromatic heterocycles. The first-order valence-electron chi connectivity index (χ1n) is 9.57. The van der Waals surface area contributed by atoms with Crippen molar-refractivity contribution in [1.82, 2.24) is 31.7 Å². The second-order valence-corrected chi connectivity index (χ2v) is 8.24. The van der Waals surface area contributed by atoms with Gasteiger partial charge in [-0.05, 0) is 26.7 Å². The number of amides is 2. The van der Waals surface area contributed by atoms with Crippen LogP contribution >= 0.6 is 22.7 Å². The highest BCUT2D eigenvalue weighted by Crippen LogP contribution is 2.18. The van der Waals surface area contributed by atoms with Crippen molar-refractivity contribution < 1.29 is 9.59 Å². The van der Waals surface area contributed by atoms with Gasteiger partial charge in [-0.25, -0.2) is 9.97 Å². The maximum Gasteiger partial charge on any atom is 0.238 e. The van der Waals surface area contributed by atoms with Gasteiger partial charge >= 0.3 is 0 Å². The predicted molar refractivity (Wildman–Crippen MR) is 122 cm³/mol. The summed E-state index contributed by atoms with van der Waals surface area (Å²) < 4.78 is 0. The second-order valence-electron chi connectivity index (χ2n) is 6.52. The standard InChI is InChI=1S/C20H22N8O2S2/c1-13-11-31-19(25-13)15(7-21)9-23-27-17(29)5-3-4-6-18(30)28-24-10-16(8-22)20-26-14(2)12-32-20/h9-12,23-24H,3-6H2,1-2H3,(H,27,29)(H,28,30)/b15-9+,16-10+. The lowest BCUT2D eigenvalue weighted by Crippen LogP contribution is -2.34. The van der Waals surface area contributed by atoms with Crippen molar-refractivity contribution in [3.8, 4) is 12.1 Å². The zero-order valence-corrected chi connectivity index (χ0v) is 19.2. The number of allylic oxidation sites excluding steroid dienone is 2. The Bertz CT molecular complexity index is 1000. The first-order chi connectivity index (χ1) is 15.4. The summed E-state index contributed by atoms with van der Waals surface area (Å²) in [6, 6.07) is 4.06. The minimum atomic E-state index is -0.257. The highest BCUT2D eigenvalue weighted by molar-refractivity contribution is 7.11. The minimum absolute atomic E-state index is 0.224. The zero-order valence-electron chi connectivity index (χ0n) is 17.6. The Morgan fingerprint density at radius 3 is 1.59 bits per heavy atom. The molecule has 32 heavy (non-hydrogen) atoms. The molecule has 0 saturated heterocycles. The van der Waals surface area contributed by atoms with E-state index in [1.54, 1.807) is 0 Å². The van der Waals surface area contributed by atoms with E-state index in [0.29, 0.717) is 34.0 Å². The van der Waals surface area contributed by atoms with Gasteiger partial charge in [0.1, 0.15) is 33.3 Å². The summed E-state index contributed by atoms with van der Waals surface area (Å²) in [6.45, 7) is 3.67. The maximum atomic E-state index is 11.9. The summed E-state index contributed by atoms with van der Waals surface area (Å²) in [4.78, 5) is 32.2. The third kappa shape index (κ3) is 8.18. The molecule has 0 atom stereocenters. The van der Waals surface area contributed by atoms with Crippen LogP contribution in [0, 0.1) is 36.5 Å². The minimum Gasteiger partial charge on any atom is -0.304 e. The van der Waals surface area contributed by atoms with Crippen LogP contribution in [-0.2, 0) is 9.59 Å². The Balaban J connectivity index is 1.62. The molecule has 0 spiro atoms. The average Bonchev–Trinajstić information content (AvgIpc) is 3.40. The van der Waals surface area contributed by atoms with Crippen LogP contribution in [-0.4, -0.2) is 21.8 Å². The van der Waals surface area contributed by atoms with E-state index >= 15 is 0 Å². The summed E-state index contributed by atoms with van der Waals surface area (Å²) >= 11 is 2.70. The Morgan fingerprint density at radius 2 is 1.28 bits per heavy atom. The fourth-order valence-corrected chi connectivity index (χ4v) is 3.84. The predicted octanol–water partition coefficient (Wildman–Crippen LogP) is 2.45. The van der Waals surface area contributed by atoms with E-state index < -0.39 is 0 Å². The molecule has 0 saturated carbocycles. The number of nitriles is 2. The fraction of sp³-hybridized carbons (Fsp3) is 0.300. The lowest BCUT2D eigenvalue weighted by atomic mass is 10.2. The largest absolute Gasteiger partial charge is 0.304 e. The number of hydrazine groups is 2. The van der Waals surface area contributed by atoms with Crippen LogP contribution in [0.5, 0.6) is 0 Å². The van der Waals surface area contributed by atoms with E-state index in [1.807, 2.05) is 36.7 Å². The molecule has 0 aliphatic rings. The van der Waals surface area contributed by atoms with Crippen LogP contribution in [0.4, 0.5) is 0 Å². The van der Waals surface area contributed by atoms with Crippen LogP contribution in [0.3, 0.4) is 0 Å². The van der Waals surface area contributed by atoms with Gasteiger partial charge in [0.25, 0.3) is 0 Å². The van der Waals surface area contributed by atoms with Gasteiger partial charge in [-0.3, -0.25) is 20.4 Å². The molecule has 10 nitrogen and oxygen atoms in total. The Labute approximate surface area is 193 Å². The van der Waals surface area contributed by atoms with Crippen molar-refractivity contribution in [2.45, 2.75) is 39.5 Å². The van der Waals surface area contributed by atoms with Crippen molar-refractivity contribution in [2.24, 2.45) is 0 Å². The number of hydrogen-bond acceptors (Lipinski definition) is 10. The fourth-order valence-electron chi connectivity index (χ4n) is 2.31. The van der Waals surface area contributed by atoms with Crippen LogP contribution < -0.4 is 21.7 Å². The summed E-state index contributed by atoms with van der Waals surface area (Å²) in [6.07, 6.45) is 4.26. The molecule has 0 aliphatic heterocycles. The highest BCUT2D eigenvalue weighted by Gasteiger charge is 2.07. The summed E-state index contributed by atoms with van der Waals surface area (Å²) in [7, 11) is 0. The van der Waals surface area contributed by atoms with Crippen molar-refractivity contribution >= 4 is 45.6 Å². The van der Waals surface area contributed by atoms with E-state index in [1.165, 1.54) is 35.1 Å². The van der Waals surface area contributed by atoms with E-state index in [9.17, 15) is 20.1 Å². The molecule has 4 N–H and O–H groups in total. The molecule has 2 heterocycles. The van der Waals surface area contributed by atoms with E-state index in [2.05, 4.69) is 31.7 Å². The number of nitrogens with zero attached hydrogens (tertiary/aromatic N) is 4. The lowest BCUT2D eigenvalue weighted by molar-refractivity contribution is -0.123. The van der Waals surface area contributed by atoms with Crippen LogP contribution in [0.25, 0.3) is 11.1 Å². The number of nitrogens with one attached hydrogen (secondary N) is 4. The van der Waals surface area contributed by atoms with Crippen molar-refractivity contribution in [1.29, 1.82) is 10.5 Å². The lowest BCUT2D eigenvalue weighted by Gasteiger charge is -2.06. The van der Waals surface area contributed by atoms with Gasteiger partial charge < -0.3 is 10.9 Å². The Kier molecular flexibility index (Phi) is 9.84. The normalized spacial score (nSPS) is 11.2. The number of carbonyl (C=O) groups is 2. The molecule has 0 aromatic carbocycles. The van der Waals surface area contributed by atoms with Gasteiger partial charge in [0.05, 0.1) is 0 Å². The van der Waals surface area contributed by atoms with Crippen molar-refractivity contribution in [3.63, 3.8) is 0 Å². The number of aromatic nitrogens is 2. The van der Waals surface area contributed by atoms with E-state index in [4.69, 9.17) is 0 Å². The number of unbranched alkanes of at least 4 members (excludes halogenated alkanes) is 1. The average molecular weight is 471 g/mol.